The molecule has 1 aromatic heterocycles. The predicted molar refractivity (Wildman–Crippen MR) is 72.4 cm³/mol. The molecule has 1 aromatic carbocycles. The van der Waals surface area contributed by atoms with E-state index in [4.69, 9.17) is 22.1 Å². The van der Waals surface area contributed by atoms with Crippen molar-refractivity contribution in [1.82, 2.24) is 9.78 Å². The first-order chi connectivity index (χ1) is 8.71. The summed E-state index contributed by atoms with van der Waals surface area (Å²) in [6, 6.07) is 7.48. The Morgan fingerprint density at radius 3 is 2.78 bits per heavy atom. The van der Waals surface area contributed by atoms with Crippen LogP contribution in [-0.4, -0.2) is 16.9 Å². The lowest BCUT2D eigenvalue weighted by Gasteiger charge is -2.07. The summed E-state index contributed by atoms with van der Waals surface area (Å²) in [6.07, 6.45) is 0.816. The van der Waals surface area contributed by atoms with Crippen LogP contribution < -0.4 is 10.5 Å². The van der Waals surface area contributed by atoms with Gasteiger partial charge < -0.3 is 10.5 Å². The van der Waals surface area contributed by atoms with Crippen molar-refractivity contribution >= 4 is 11.6 Å². The van der Waals surface area contributed by atoms with Crippen LogP contribution >= 0.6 is 11.6 Å². The molecule has 0 unspecified atom stereocenters. The Morgan fingerprint density at radius 2 is 2.22 bits per heavy atom. The Morgan fingerprint density at radius 1 is 1.44 bits per heavy atom. The smallest absolute Gasteiger partial charge is 0.221 e. The number of methoxy groups -OCH3 is 1. The minimum Gasteiger partial charge on any atom is -0.481 e. The fourth-order valence-corrected chi connectivity index (χ4v) is 2.14. The summed E-state index contributed by atoms with van der Waals surface area (Å²) in [5, 5.41) is 5.20. The first-order valence-electron chi connectivity index (χ1n) is 5.82. The number of nitrogens with two attached hydrogens (primary N) is 1. The lowest BCUT2D eigenvalue weighted by molar-refractivity contribution is 0.379. The topological polar surface area (TPSA) is 53.1 Å². The van der Waals surface area contributed by atoms with E-state index in [9.17, 15) is 0 Å². The zero-order valence-electron chi connectivity index (χ0n) is 10.5. The molecular formula is C13H16ClN3O. The van der Waals surface area contributed by atoms with Gasteiger partial charge >= 0.3 is 0 Å². The Kier molecular flexibility index (Phi) is 3.89. The van der Waals surface area contributed by atoms with Crippen molar-refractivity contribution in [3.05, 3.63) is 40.5 Å². The predicted octanol–water partition coefficient (Wildman–Crippen LogP) is 2.56. The van der Waals surface area contributed by atoms with Gasteiger partial charge in [0, 0.05) is 11.6 Å². The number of ether oxygens (including phenoxy) is 1. The molecule has 0 spiro atoms. The van der Waals surface area contributed by atoms with E-state index in [0.717, 1.165) is 23.4 Å². The maximum absolute atomic E-state index is 6.00. The number of halogens is 1. The Bertz CT molecular complexity index is 551. The van der Waals surface area contributed by atoms with Crippen LogP contribution in [0.4, 0.5) is 0 Å². The second-order valence-electron chi connectivity index (χ2n) is 3.88. The molecular weight excluding hydrogens is 250 g/mol. The van der Waals surface area contributed by atoms with Gasteiger partial charge in [0.1, 0.15) is 0 Å². The molecule has 0 bridgehead atoms. The standard InChI is InChI=1S/C13H16ClN3O/c1-3-12-11(8-15)13(18-2)17(16-12)10-6-4-5-9(14)7-10/h4-7H,3,8,15H2,1-2H3. The van der Waals surface area contributed by atoms with Crippen LogP contribution in [0.1, 0.15) is 18.2 Å². The molecule has 0 atom stereocenters. The average molecular weight is 266 g/mol. The molecule has 0 amide bonds. The van der Waals surface area contributed by atoms with Crippen molar-refractivity contribution in [3.8, 4) is 11.6 Å². The van der Waals surface area contributed by atoms with Crippen LogP contribution in [0, 0.1) is 0 Å². The number of hydrogen-bond acceptors (Lipinski definition) is 3. The van der Waals surface area contributed by atoms with E-state index in [1.807, 2.05) is 31.2 Å². The molecule has 4 nitrogen and oxygen atoms in total. The highest BCUT2D eigenvalue weighted by Crippen LogP contribution is 2.27. The summed E-state index contributed by atoms with van der Waals surface area (Å²) in [4.78, 5) is 0. The van der Waals surface area contributed by atoms with Gasteiger partial charge in [0.2, 0.25) is 5.88 Å². The van der Waals surface area contributed by atoms with E-state index < -0.39 is 0 Å². The van der Waals surface area contributed by atoms with Crippen molar-refractivity contribution in [2.75, 3.05) is 7.11 Å². The first kappa shape index (κ1) is 12.9. The number of aryl methyl sites for hydroxylation is 1. The molecule has 0 aliphatic carbocycles. The number of hydrogen-bond donors (Lipinski definition) is 1. The summed E-state index contributed by atoms with van der Waals surface area (Å²) < 4.78 is 7.16. The SMILES string of the molecule is CCc1nn(-c2cccc(Cl)c2)c(OC)c1CN. The highest BCUT2D eigenvalue weighted by Gasteiger charge is 2.17. The second kappa shape index (κ2) is 5.42. The number of benzene rings is 1. The summed E-state index contributed by atoms with van der Waals surface area (Å²) in [5.41, 5.74) is 8.53. The fraction of sp³-hybridized carbons (Fsp3) is 0.308. The van der Waals surface area contributed by atoms with Crippen molar-refractivity contribution in [2.45, 2.75) is 19.9 Å². The van der Waals surface area contributed by atoms with Gasteiger partial charge in [-0.1, -0.05) is 24.6 Å². The van der Waals surface area contributed by atoms with E-state index >= 15 is 0 Å². The van der Waals surface area contributed by atoms with E-state index in [0.29, 0.717) is 17.4 Å². The summed E-state index contributed by atoms with van der Waals surface area (Å²) in [6.45, 7) is 2.45. The van der Waals surface area contributed by atoms with E-state index in [1.165, 1.54) is 0 Å². The largest absolute Gasteiger partial charge is 0.481 e. The summed E-state index contributed by atoms with van der Waals surface area (Å²) in [5.74, 6) is 0.677. The van der Waals surface area contributed by atoms with Gasteiger partial charge in [0.25, 0.3) is 0 Å². The third kappa shape index (κ3) is 2.21. The van der Waals surface area contributed by atoms with Crippen LogP contribution in [0.15, 0.2) is 24.3 Å². The van der Waals surface area contributed by atoms with Gasteiger partial charge in [0.05, 0.1) is 24.1 Å². The fourth-order valence-electron chi connectivity index (χ4n) is 1.96. The first-order valence-corrected chi connectivity index (χ1v) is 6.19. The third-order valence-electron chi connectivity index (χ3n) is 2.80. The van der Waals surface area contributed by atoms with Crippen LogP contribution in [0.25, 0.3) is 5.69 Å². The molecule has 2 aromatic rings. The zero-order chi connectivity index (χ0) is 13.1. The van der Waals surface area contributed by atoms with Crippen molar-refractivity contribution < 1.29 is 4.74 Å². The van der Waals surface area contributed by atoms with Crippen molar-refractivity contribution in [2.24, 2.45) is 5.73 Å². The highest BCUT2D eigenvalue weighted by molar-refractivity contribution is 6.30. The second-order valence-corrected chi connectivity index (χ2v) is 4.32. The van der Waals surface area contributed by atoms with E-state index in [2.05, 4.69) is 5.10 Å². The molecule has 96 valence electrons. The van der Waals surface area contributed by atoms with Crippen LogP contribution in [0.2, 0.25) is 5.02 Å². The molecule has 0 fully saturated rings. The monoisotopic (exact) mass is 265 g/mol. The van der Waals surface area contributed by atoms with Crippen molar-refractivity contribution in [3.63, 3.8) is 0 Å². The van der Waals surface area contributed by atoms with Crippen LogP contribution in [0.5, 0.6) is 5.88 Å². The van der Waals surface area contributed by atoms with E-state index in [1.54, 1.807) is 11.8 Å². The summed E-state index contributed by atoms with van der Waals surface area (Å²) >= 11 is 6.00. The maximum Gasteiger partial charge on any atom is 0.221 e. The van der Waals surface area contributed by atoms with E-state index in [-0.39, 0.29) is 0 Å². The van der Waals surface area contributed by atoms with Crippen molar-refractivity contribution in [1.29, 1.82) is 0 Å². The number of nitrogens with zero attached hydrogens (tertiary/aromatic N) is 2. The van der Waals surface area contributed by atoms with Gasteiger partial charge in [-0.15, -0.1) is 0 Å². The Balaban J connectivity index is 2.60. The maximum atomic E-state index is 6.00. The van der Waals surface area contributed by atoms with Gasteiger partial charge in [-0.2, -0.15) is 5.10 Å². The molecule has 0 saturated heterocycles. The van der Waals surface area contributed by atoms with Gasteiger partial charge in [-0.25, -0.2) is 4.68 Å². The normalized spacial score (nSPS) is 10.7. The number of rotatable bonds is 4. The molecule has 0 saturated carbocycles. The minimum atomic E-state index is 0.410. The molecule has 2 rings (SSSR count). The highest BCUT2D eigenvalue weighted by atomic mass is 35.5. The van der Waals surface area contributed by atoms with Gasteiger partial charge in [-0.3, -0.25) is 0 Å². The number of aromatic nitrogens is 2. The third-order valence-corrected chi connectivity index (χ3v) is 3.04. The van der Waals surface area contributed by atoms with Gasteiger partial charge in [0.15, 0.2) is 0 Å². The van der Waals surface area contributed by atoms with Gasteiger partial charge in [-0.05, 0) is 24.6 Å². The Hall–Kier alpha value is -1.52. The van der Waals surface area contributed by atoms with Crippen LogP contribution in [-0.2, 0) is 13.0 Å². The molecule has 0 aliphatic heterocycles. The molecule has 2 N–H and O–H groups in total. The lowest BCUT2D eigenvalue weighted by Crippen LogP contribution is -2.03. The lowest BCUT2D eigenvalue weighted by atomic mass is 10.2. The summed E-state index contributed by atoms with van der Waals surface area (Å²) in [7, 11) is 1.62. The zero-order valence-corrected chi connectivity index (χ0v) is 11.2. The molecule has 0 aliphatic rings. The molecule has 5 heteroatoms. The average Bonchev–Trinajstić information content (AvgIpc) is 2.76. The quantitative estimate of drug-likeness (QED) is 0.924. The minimum absolute atomic E-state index is 0.410. The molecule has 1 heterocycles. The molecule has 18 heavy (non-hydrogen) atoms. The van der Waals surface area contributed by atoms with Crippen LogP contribution in [0.3, 0.4) is 0 Å². The Labute approximate surface area is 111 Å². The molecule has 0 radical (unpaired) electrons.